The number of fused-ring (bicyclic) bond motifs is 2. The summed E-state index contributed by atoms with van der Waals surface area (Å²) in [5.74, 6) is 1.56. The third kappa shape index (κ3) is 1.11. The van der Waals surface area contributed by atoms with Crippen LogP contribution in [0.3, 0.4) is 0 Å². The average molecular weight is 218 g/mol. The second-order valence-electron chi connectivity index (χ2n) is 6.05. The summed E-state index contributed by atoms with van der Waals surface area (Å²) in [5.41, 5.74) is 1.92. The Morgan fingerprint density at radius 1 is 1.38 bits per heavy atom. The maximum Gasteiger partial charge on any atom is 0.0221 e. The van der Waals surface area contributed by atoms with Crippen LogP contribution in [0.2, 0.25) is 0 Å². The highest BCUT2D eigenvalue weighted by Crippen LogP contribution is 2.54. The van der Waals surface area contributed by atoms with E-state index in [0.717, 1.165) is 11.8 Å². The van der Waals surface area contributed by atoms with Crippen molar-refractivity contribution >= 4 is 0 Å². The summed E-state index contributed by atoms with van der Waals surface area (Å²) in [5, 5.41) is 0. The lowest BCUT2D eigenvalue weighted by Crippen LogP contribution is -2.39. The van der Waals surface area contributed by atoms with Crippen LogP contribution in [0.1, 0.15) is 38.8 Å². The number of aryl methyl sites for hydroxylation is 1. The lowest BCUT2D eigenvalue weighted by Gasteiger charge is -2.31. The van der Waals surface area contributed by atoms with Gasteiger partial charge in [0.15, 0.2) is 0 Å². The minimum absolute atomic E-state index is 0.397. The maximum atomic E-state index is 2.70. The zero-order valence-electron chi connectivity index (χ0n) is 10.8. The van der Waals surface area contributed by atoms with Crippen LogP contribution in [0.15, 0.2) is 18.3 Å². The zero-order chi connectivity index (χ0) is 11.5. The van der Waals surface area contributed by atoms with E-state index in [1.54, 1.807) is 0 Å². The molecule has 2 heteroatoms. The number of hydrogen-bond acceptors (Lipinski definition) is 1. The smallest absolute Gasteiger partial charge is 0.0221 e. The number of hydrogen-bond donors (Lipinski definition) is 0. The lowest BCUT2D eigenvalue weighted by molar-refractivity contribution is 0.168. The molecule has 2 aliphatic heterocycles. The predicted molar refractivity (Wildman–Crippen MR) is 66.5 cm³/mol. The summed E-state index contributed by atoms with van der Waals surface area (Å²) in [7, 11) is 2.18. The van der Waals surface area contributed by atoms with E-state index in [-0.39, 0.29) is 0 Å². The molecule has 4 atom stereocenters. The fourth-order valence-electron chi connectivity index (χ4n) is 4.28. The Kier molecular flexibility index (Phi) is 2.03. The second-order valence-corrected chi connectivity index (χ2v) is 6.05. The van der Waals surface area contributed by atoms with Crippen LogP contribution in [-0.4, -0.2) is 27.6 Å². The van der Waals surface area contributed by atoms with Crippen LogP contribution in [0.5, 0.6) is 0 Å². The topological polar surface area (TPSA) is 8.17 Å². The Morgan fingerprint density at radius 3 is 2.62 bits per heavy atom. The van der Waals surface area contributed by atoms with E-state index >= 15 is 0 Å². The van der Waals surface area contributed by atoms with Crippen LogP contribution >= 0.6 is 0 Å². The van der Waals surface area contributed by atoms with Crippen LogP contribution in [0.25, 0.3) is 0 Å². The summed E-state index contributed by atoms with van der Waals surface area (Å²) >= 11 is 0. The van der Waals surface area contributed by atoms with Crippen molar-refractivity contribution in [1.82, 2.24) is 9.47 Å². The molecule has 2 saturated heterocycles. The molecule has 4 unspecified atom stereocenters. The Labute approximate surface area is 98.2 Å². The fraction of sp³-hybridized carbons (Fsp3) is 0.714. The third-order valence-corrected chi connectivity index (χ3v) is 5.10. The molecule has 0 aliphatic carbocycles. The van der Waals surface area contributed by atoms with Gasteiger partial charge >= 0.3 is 0 Å². The van der Waals surface area contributed by atoms with Crippen LogP contribution in [0.4, 0.5) is 0 Å². The molecule has 3 rings (SSSR count). The van der Waals surface area contributed by atoms with Crippen molar-refractivity contribution in [2.75, 3.05) is 6.54 Å². The van der Waals surface area contributed by atoms with Crippen molar-refractivity contribution in [1.29, 1.82) is 0 Å². The highest BCUT2D eigenvalue weighted by Gasteiger charge is 2.56. The van der Waals surface area contributed by atoms with Crippen LogP contribution in [-0.2, 0) is 7.05 Å². The van der Waals surface area contributed by atoms with Gasteiger partial charge in [-0.3, -0.25) is 4.90 Å². The number of nitrogens with zero attached hydrogens (tertiary/aromatic N) is 2. The normalized spacial score (nSPS) is 40.5. The standard InChI is InChI=1S/C14H22N2/c1-10-13(12-6-5-8-15(12)4)11-7-9-16(10)14(11,2)3/h5-6,8,10-11,13H,7,9H2,1-4H3. The molecular weight excluding hydrogens is 196 g/mol. The lowest BCUT2D eigenvalue weighted by atomic mass is 9.78. The Bertz CT molecular complexity index is 405. The molecule has 88 valence electrons. The quantitative estimate of drug-likeness (QED) is 0.703. The van der Waals surface area contributed by atoms with Gasteiger partial charge in [-0.1, -0.05) is 0 Å². The largest absolute Gasteiger partial charge is 0.354 e. The van der Waals surface area contributed by atoms with Crippen molar-refractivity contribution in [3.63, 3.8) is 0 Å². The number of rotatable bonds is 1. The van der Waals surface area contributed by atoms with E-state index in [4.69, 9.17) is 0 Å². The number of aromatic nitrogens is 1. The molecule has 0 spiro atoms. The SMILES string of the molecule is CC1C(c2cccn2C)C2CCN1C2(C)C. The Morgan fingerprint density at radius 2 is 2.12 bits per heavy atom. The molecule has 1 aromatic rings. The molecule has 0 saturated carbocycles. The van der Waals surface area contributed by atoms with E-state index < -0.39 is 0 Å². The third-order valence-electron chi connectivity index (χ3n) is 5.10. The highest BCUT2D eigenvalue weighted by atomic mass is 15.3. The molecule has 0 radical (unpaired) electrons. The molecule has 2 fully saturated rings. The van der Waals surface area contributed by atoms with Gasteiger partial charge in [-0.15, -0.1) is 0 Å². The first kappa shape index (κ1) is 10.4. The molecule has 3 heterocycles. The molecule has 0 amide bonds. The predicted octanol–water partition coefficient (Wildman–Crippen LogP) is 2.61. The van der Waals surface area contributed by atoms with Gasteiger partial charge in [0.25, 0.3) is 0 Å². The van der Waals surface area contributed by atoms with Crippen molar-refractivity contribution in [3.05, 3.63) is 24.0 Å². The van der Waals surface area contributed by atoms with E-state index in [1.807, 2.05) is 0 Å². The van der Waals surface area contributed by atoms with Gasteiger partial charge in [-0.2, -0.15) is 0 Å². The molecule has 2 bridgehead atoms. The first-order valence-corrected chi connectivity index (χ1v) is 6.41. The Hall–Kier alpha value is -0.760. The van der Waals surface area contributed by atoms with Gasteiger partial charge in [0.1, 0.15) is 0 Å². The minimum atomic E-state index is 0.397. The molecule has 16 heavy (non-hydrogen) atoms. The maximum absolute atomic E-state index is 2.70. The molecule has 1 aromatic heterocycles. The second kappa shape index (κ2) is 3.13. The van der Waals surface area contributed by atoms with E-state index in [1.165, 1.54) is 18.7 Å². The van der Waals surface area contributed by atoms with Crippen molar-refractivity contribution in [3.8, 4) is 0 Å². The van der Waals surface area contributed by atoms with Crippen molar-refractivity contribution in [2.45, 2.75) is 44.7 Å². The van der Waals surface area contributed by atoms with Crippen LogP contribution < -0.4 is 0 Å². The molecule has 0 aromatic carbocycles. The summed E-state index contributed by atoms with van der Waals surface area (Å²) in [6.45, 7) is 8.53. The molecule has 0 N–H and O–H groups in total. The molecule has 2 aliphatic rings. The zero-order valence-corrected chi connectivity index (χ0v) is 10.8. The van der Waals surface area contributed by atoms with Crippen LogP contribution in [0, 0.1) is 5.92 Å². The molecule has 2 nitrogen and oxygen atoms in total. The van der Waals surface area contributed by atoms with Crippen molar-refractivity contribution < 1.29 is 0 Å². The van der Waals surface area contributed by atoms with Gasteiger partial charge in [0.2, 0.25) is 0 Å². The van der Waals surface area contributed by atoms with Gasteiger partial charge in [-0.25, -0.2) is 0 Å². The van der Waals surface area contributed by atoms with E-state index in [0.29, 0.717) is 11.6 Å². The first-order chi connectivity index (χ1) is 7.53. The minimum Gasteiger partial charge on any atom is -0.354 e. The number of piperidine rings is 1. The molecular formula is C14H22N2. The summed E-state index contributed by atoms with van der Waals surface area (Å²) in [6.07, 6.45) is 3.55. The highest BCUT2D eigenvalue weighted by molar-refractivity contribution is 5.24. The van der Waals surface area contributed by atoms with Gasteiger partial charge in [-0.05, 0) is 51.8 Å². The van der Waals surface area contributed by atoms with Gasteiger partial charge in [0.05, 0.1) is 0 Å². The van der Waals surface area contributed by atoms with E-state index in [2.05, 4.69) is 55.6 Å². The van der Waals surface area contributed by atoms with E-state index in [9.17, 15) is 0 Å². The summed E-state index contributed by atoms with van der Waals surface area (Å²) < 4.78 is 2.30. The van der Waals surface area contributed by atoms with Crippen molar-refractivity contribution in [2.24, 2.45) is 13.0 Å². The summed E-state index contributed by atoms with van der Waals surface area (Å²) in [6, 6.07) is 5.18. The first-order valence-electron chi connectivity index (χ1n) is 6.41. The average Bonchev–Trinajstić information content (AvgIpc) is 2.79. The van der Waals surface area contributed by atoms with Gasteiger partial charge < -0.3 is 4.57 Å². The summed E-state index contributed by atoms with van der Waals surface area (Å²) in [4.78, 5) is 2.70. The van der Waals surface area contributed by atoms with Gasteiger partial charge in [0, 0.05) is 36.4 Å². The monoisotopic (exact) mass is 218 g/mol. The Balaban J connectivity index is 2.02. The fourth-order valence-corrected chi connectivity index (χ4v) is 4.28.